The first-order chi connectivity index (χ1) is 6.65. The van der Waals surface area contributed by atoms with E-state index in [1.54, 1.807) is 0 Å². The van der Waals surface area contributed by atoms with E-state index >= 15 is 0 Å². The van der Waals surface area contributed by atoms with Crippen molar-refractivity contribution < 1.29 is 14.0 Å². The Kier molecular flexibility index (Phi) is 3.53. The number of hydroxylamine groups is 2. The minimum Gasteiger partial charge on any atom is -0.784 e. The van der Waals surface area contributed by atoms with Crippen molar-refractivity contribution in [3.63, 3.8) is 0 Å². The summed E-state index contributed by atoms with van der Waals surface area (Å²) >= 11 is 0. The highest BCUT2D eigenvalue weighted by atomic mass is 31.1. The molecule has 0 radical (unpaired) electrons. The number of rotatable bonds is 2. The lowest BCUT2D eigenvalue weighted by Gasteiger charge is -2.58. The molecular weight excluding hydrogens is 217 g/mol. The van der Waals surface area contributed by atoms with Crippen LogP contribution in [0.4, 0.5) is 0 Å². The molecule has 1 saturated heterocycles. The zero-order valence-electron chi connectivity index (χ0n) is 9.56. The molecule has 88 valence electrons. The molecule has 1 rings (SSSR count). The summed E-state index contributed by atoms with van der Waals surface area (Å²) in [4.78, 5) is 8.71. The van der Waals surface area contributed by atoms with Gasteiger partial charge in [0, 0.05) is 15.6 Å². The highest BCUT2D eigenvalue weighted by molar-refractivity contribution is 7.32. The Balaban J connectivity index is 2.79. The molecule has 5 nitrogen and oxygen atoms in total. The second-order valence-corrected chi connectivity index (χ2v) is 5.98. The zero-order valence-corrected chi connectivity index (χ0v) is 10.5. The van der Waals surface area contributed by atoms with Gasteiger partial charge in [0.1, 0.15) is 6.10 Å². The fraction of sp³-hybridized carbons (Fsp3) is 1.00. The van der Waals surface area contributed by atoms with Crippen LogP contribution in [-0.2, 0) is 9.09 Å². The molecule has 1 aliphatic heterocycles. The number of piperidine rings is 1. The van der Waals surface area contributed by atoms with E-state index in [2.05, 4.69) is 0 Å². The maximum atomic E-state index is 11.9. The van der Waals surface area contributed by atoms with Crippen LogP contribution in [0, 0.1) is 5.21 Å². The molecule has 0 aliphatic carbocycles. The van der Waals surface area contributed by atoms with Crippen LogP contribution >= 0.6 is 8.25 Å². The average molecular weight is 235 g/mol. The molecule has 1 heterocycles. The van der Waals surface area contributed by atoms with E-state index < -0.39 is 19.3 Å². The summed E-state index contributed by atoms with van der Waals surface area (Å²) in [6.45, 7) is 7.28. The first-order valence-corrected chi connectivity index (χ1v) is 6.08. The second kappa shape index (κ2) is 4.07. The molecule has 0 amide bonds. The van der Waals surface area contributed by atoms with E-state index in [1.165, 1.54) is 0 Å². The van der Waals surface area contributed by atoms with Gasteiger partial charge in [0.15, 0.2) is 0 Å². The summed E-state index contributed by atoms with van der Waals surface area (Å²) in [5, 5.41) is 13.0. The highest BCUT2D eigenvalue weighted by Crippen LogP contribution is 2.40. The van der Waals surface area contributed by atoms with Gasteiger partial charge in [-0.2, -0.15) is 0 Å². The molecule has 0 aromatic heterocycles. The Morgan fingerprint density at radius 3 is 2.07 bits per heavy atom. The molecule has 1 atom stereocenters. The molecule has 1 N–H and O–H groups in total. The molecule has 0 spiro atoms. The van der Waals surface area contributed by atoms with E-state index in [0.717, 1.165) is 5.06 Å². The van der Waals surface area contributed by atoms with Crippen molar-refractivity contribution in [2.75, 3.05) is 0 Å². The van der Waals surface area contributed by atoms with Crippen LogP contribution < -0.4 is 0 Å². The van der Waals surface area contributed by atoms with Gasteiger partial charge in [-0.3, -0.25) is 0 Å². The van der Waals surface area contributed by atoms with Crippen molar-refractivity contribution in [1.29, 1.82) is 0 Å². The third-order valence-corrected chi connectivity index (χ3v) is 3.27. The predicted octanol–water partition coefficient (Wildman–Crippen LogP) is 2.17. The molecule has 15 heavy (non-hydrogen) atoms. The van der Waals surface area contributed by atoms with Crippen LogP contribution in [-0.4, -0.2) is 27.1 Å². The van der Waals surface area contributed by atoms with E-state index in [1.807, 2.05) is 27.7 Å². The monoisotopic (exact) mass is 235 g/mol. The van der Waals surface area contributed by atoms with Crippen LogP contribution in [0.5, 0.6) is 0 Å². The van der Waals surface area contributed by atoms with Crippen molar-refractivity contribution in [3.8, 4) is 0 Å². The summed E-state index contributed by atoms with van der Waals surface area (Å²) in [6.07, 6.45) is 0.622. The first-order valence-electron chi connectivity index (χ1n) is 4.95. The molecule has 1 unspecified atom stereocenters. The van der Waals surface area contributed by atoms with Crippen LogP contribution in [0.3, 0.4) is 0 Å². The lowest BCUT2D eigenvalue weighted by molar-refractivity contribution is -0.0409. The Bertz CT molecular complexity index is 249. The van der Waals surface area contributed by atoms with Gasteiger partial charge in [0.25, 0.3) is 0 Å². The van der Waals surface area contributed by atoms with E-state index in [9.17, 15) is 9.77 Å². The molecule has 0 aromatic carbocycles. The summed E-state index contributed by atoms with van der Waals surface area (Å²) in [7, 11) is -2.59. The second-order valence-electron chi connectivity index (χ2n) is 5.29. The van der Waals surface area contributed by atoms with Crippen molar-refractivity contribution >= 4 is 8.25 Å². The summed E-state index contributed by atoms with van der Waals surface area (Å²) in [5.74, 6) is 0. The van der Waals surface area contributed by atoms with Gasteiger partial charge in [-0.25, -0.2) is 0 Å². The zero-order chi connectivity index (χ0) is 11.9. The Labute approximate surface area is 90.9 Å². The van der Waals surface area contributed by atoms with E-state index in [-0.39, 0.29) is 6.10 Å². The van der Waals surface area contributed by atoms with Gasteiger partial charge < -0.3 is 10.3 Å². The molecule has 0 aromatic rings. The summed E-state index contributed by atoms with van der Waals surface area (Å²) in [6, 6.07) is 0. The quantitative estimate of drug-likeness (QED) is 0.742. The van der Waals surface area contributed by atoms with Crippen LogP contribution in [0.15, 0.2) is 0 Å². The van der Waals surface area contributed by atoms with Crippen molar-refractivity contribution in [1.82, 2.24) is 5.06 Å². The maximum Gasteiger partial charge on any atom is 0.694 e. The van der Waals surface area contributed by atoms with E-state index in [4.69, 9.17) is 9.42 Å². The molecule has 1 fully saturated rings. The topological polar surface area (TPSA) is 72.8 Å². The van der Waals surface area contributed by atoms with Gasteiger partial charge in [0.05, 0.1) is 0 Å². The number of hydrogen-bond donors (Lipinski definition) is 1. The largest absolute Gasteiger partial charge is 0.784 e. The number of hydrogen-bond acceptors (Lipinski definition) is 4. The maximum absolute atomic E-state index is 11.9. The van der Waals surface area contributed by atoms with Crippen LogP contribution in [0.25, 0.3) is 0 Å². The third kappa shape index (κ3) is 2.95. The fourth-order valence-corrected chi connectivity index (χ4v) is 2.78. The van der Waals surface area contributed by atoms with Gasteiger partial charge in [-0.15, -0.1) is 9.42 Å². The van der Waals surface area contributed by atoms with Crippen molar-refractivity contribution in [3.05, 3.63) is 5.21 Å². The Hall–Kier alpha value is -0.0600. The standard InChI is InChI=1S/C9H18NO4P/c1-8(2)5-7(14-15(12)13)6-9(3,4)10(8)11/h7H,5-6H2,1-4H3,(H,12,13). The molecule has 6 heteroatoms. The minimum absolute atomic E-state index is 0.325. The first kappa shape index (κ1) is 13.0. The van der Waals surface area contributed by atoms with Crippen molar-refractivity contribution in [2.45, 2.75) is 57.7 Å². The Morgan fingerprint density at radius 2 is 1.73 bits per heavy atom. The predicted molar refractivity (Wildman–Crippen MR) is 57.3 cm³/mol. The SMILES string of the molecule is CC1(C)CC(O[P+](=O)O)CC(C)(C)N1[O-]. The lowest BCUT2D eigenvalue weighted by atomic mass is 9.80. The van der Waals surface area contributed by atoms with Crippen molar-refractivity contribution in [2.24, 2.45) is 0 Å². The smallest absolute Gasteiger partial charge is 0.694 e. The molecule has 0 saturated carbocycles. The van der Waals surface area contributed by atoms with Gasteiger partial charge in [0.2, 0.25) is 0 Å². The molecule has 0 bridgehead atoms. The van der Waals surface area contributed by atoms with Crippen LogP contribution in [0.1, 0.15) is 40.5 Å². The molecular formula is C9H18NO4P. The van der Waals surface area contributed by atoms with Gasteiger partial charge in [-0.05, 0) is 40.5 Å². The Morgan fingerprint density at radius 1 is 1.33 bits per heavy atom. The van der Waals surface area contributed by atoms with Crippen LogP contribution in [0.2, 0.25) is 0 Å². The lowest BCUT2D eigenvalue weighted by Crippen LogP contribution is -2.59. The normalized spacial score (nSPS) is 27.7. The fourth-order valence-electron chi connectivity index (χ4n) is 2.37. The van der Waals surface area contributed by atoms with Gasteiger partial charge >= 0.3 is 8.25 Å². The highest BCUT2D eigenvalue weighted by Gasteiger charge is 2.43. The minimum atomic E-state index is -2.59. The van der Waals surface area contributed by atoms with Gasteiger partial charge in [-0.1, -0.05) is 0 Å². The summed E-state index contributed by atoms with van der Waals surface area (Å²) < 4.78 is 15.5. The van der Waals surface area contributed by atoms with E-state index in [0.29, 0.717) is 12.8 Å². The summed E-state index contributed by atoms with van der Waals surface area (Å²) in [5.41, 5.74) is -1.12. The average Bonchev–Trinajstić information content (AvgIpc) is 1.97. The third-order valence-electron chi connectivity index (χ3n) is 2.79. The number of nitrogens with zero attached hydrogens (tertiary/aromatic N) is 1. The molecule has 1 aliphatic rings.